The Hall–Kier alpha value is -1.44. The molecule has 0 radical (unpaired) electrons. The van der Waals surface area contributed by atoms with Gasteiger partial charge in [-0.05, 0) is 60.6 Å². The van der Waals surface area contributed by atoms with E-state index in [-0.39, 0.29) is 5.91 Å². The highest BCUT2D eigenvalue weighted by Gasteiger charge is 2.08. The lowest BCUT2D eigenvalue weighted by atomic mass is 10.2. The zero-order chi connectivity index (χ0) is 18.2. The van der Waals surface area contributed by atoms with Gasteiger partial charge in [-0.15, -0.1) is 11.3 Å². The topological polar surface area (TPSA) is 54.5 Å². The highest BCUT2D eigenvalue weighted by Crippen LogP contribution is 2.26. The average Bonchev–Trinajstić information content (AvgIpc) is 2.98. The molecule has 0 atom stereocenters. The van der Waals surface area contributed by atoms with E-state index in [1.54, 1.807) is 0 Å². The fraction of sp³-hybridized carbons (Fsp3) is 0.444. The van der Waals surface area contributed by atoms with Crippen molar-refractivity contribution in [2.45, 2.75) is 32.7 Å². The van der Waals surface area contributed by atoms with Gasteiger partial charge in [0.2, 0.25) is 5.91 Å². The predicted octanol–water partition coefficient (Wildman–Crippen LogP) is 4.33. The molecule has 1 aromatic heterocycles. The van der Waals surface area contributed by atoms with Crippen molar-refractivity contribution in [2.75, 3.05) is 26.0 Å². The molecular weight excluding hydrogens is 402 g/mol. The minimum absolute atomic E-state index is 0.0326. The van der Waals surface area contributed by atoms with Crippen LogP contribution in [-0.4, -0.2) is 36.5 Å². The summed E-state index contributed by atoms with van der Waals surface area (Å²) in [6, 6.07) is 6.08. The molecule has 2 aromatic rings. The molecule has 0 saturated carbocycles. The first-order valence-electron chi connectivity index (χ1n) is 8.28. The molecule has 0 spiro atoms. The number of carbonyl (C=O) groups is 1. The van der Waals surface area contributed by atoms with Gasteiger partial charge in [-0.3, -0.25) is 4.79 Å². The first-order chi connectivity index (χ1) is 12.0. The van der Waals surface area contributed by atoms with Crippen LogP contribution < -0.4 is 10.1 Å². The lowest BCUT2D eigenvalue weighted by Crippen LogP contribution is -2.13. The van der Waals surface area contributed by atoms with Crippen LogP contribution in [0, 0.1) is 0 Å². The minimum atomic E-state index is -0.0326. The Bertz CT molecular complexity index is 703. The maximum atomic E-state index is 12.0. The summed E-state index contributed by atoms with van der Waals surface area (Å²) in [7, 11) is 3.98. The number of hydrogen-bond donors (Lipinski definition) is 1. The summed E-state index contributed by atoms with van der Waals surface area (Å²) in [6.45, 7) is 3.39. The molecule has 1 amide bonds. The van der Waals surface area contributed by atoms with E-state index in [2.05, 4.69) is 45.3 Å². The molecule has 1 aromatic carbocycles. The maximum absolute atomic E-state index is 12.0. The Balaban J connectivity index is 1.71. The maximum Gasteiger partial charge on any atom is 0.226 e. The first-order valence-corrected chi connectivity index (χ1v) is 9.95. The second-order valence-electron chi connectivity index (χ2n) is 6.00. The van der Waals surface area contributed by atoms with Crippen molar-refractivity contribution < 1.29 is 9.53 Å². The number of thiazole rings is 1. The van der Waals surface area contributed by atoms with E-state index in [0.717, 1.165) is 28.9 Å². The molecule has 1 heterocycles. The molecule has 25 heavy (non-hydrogen) atoms. The minimum Gasteiger partial charge on any atom is -0.492 e. The van der Waals surface area contributed by atoms with Crippen LogP contribution in [0.4, 0.5) is 5.13 Å². The van der Waals surface area contributed by atoms with Gasteiger partial charge in [-0.25, -0.2) is 4.98 Å². The lowest BCUT2D eigenvalue weighted by molar-refractivity contribution is -0.116. The number of ether oxygens (including phenoxy) is 1. The van der Waals surface area contributed by atoms with Crippen molar-refractivity contribution in [3.8, 4) is 5.75 Å². The van der Waals surface area contributed by atoms with Crippen LogP contribution in [0.25, 0.3) is 0 Å². The zero-order valence-electron chi connectivity index (χ0n) is 14.8. The number of anilines is 1. The summed E-state index contributed by atoms with van der Waals surface area (Å²) in [4.78, 5) is 18.4. The number of hydrogen-bond acceptors (Lipinski definition) is 5. The monoisotopic (exact) mass is 425 g/mol. The number of halogens is 1. The van der Waals surface area contributed by atoms with Crippen LogP contribution in [0.1, 0.15) is 31.0 Å². The van der Waals surface area contributed by atoms with Gasteiger partial charge in [0, 0.05) is 18.3 Å². The van der Waals surface area contributed by atoms with Crippen LogP contribution in [-0.2, 0) is 17.8 Å². The molecule has 0 bridgehead atoms. The number of benzene rings is 1. The Kier molecular flexibility index (Phi) is 7.87. The third-order valence-corrected chi connectivity index (χ3v) is 4.91. The SMILES string of the molecule is CCc1ccc(OCCCC(=O)Nc2nc(CN(C)C)cs2)c(Br)c1. The van der Waals surface area contributed by atoms with Crippen LogP contribution in [0.15, 0.2) is 28.1 Å². The van der Waals surface area contributed by atoms with Crippen LogP contribution in [0.2, 0.25) is 0 Å². The van der Waals surface area contributed by atoms with Gasteiger partial charge in [0.05, 0.1) is 16.8 Å². The third kappa shape index (κ3) is 6.76. The lowest BCUT2D eigenvalue weighted by Gasteiger charge is -2.09. The first kappa shape index (κ1) is 19.9. The molecular formula is C18H24BrN3O2S. The second-order valence-corrected chi connectivity index (χ2v) is 7.71. The van der Waals surface area contributed by atoms with E-state index < -0.39 is 0 Å². The molecule has 2 rings (SSSR count). The molecule has 0 fully saturated rings. The number of nitrogens with zero attached hydrogens (tertiary/aromatic N) is 2. The van der Waals surface area contributed by atoms with Crippen molar-refractivity contribution >= 4 is 38.3 Å². The van der Waals surface area contributed by atoms with Gasteiger partial charge < -0.3 is 15.0 Å². The van der Waals surface area contributed by atoms with Gasteiger partial charge >= 0.3 is 0 Å². The van der Waals surface area contributed by atoms with E-state index in [1.165, 1.54) is 16.9 Å². The fourth-order valence-electron chi connectivity index (χ4n) is 2.24. The quantitative estimate of drug-likeness (QED) is 0.607. The standard InChI is InChI=1S/C18H24BrN3O2S/c1-4-13-7-8-16(15(19)10-13)24-9-5-6-17(23)21-18-20-14(12-25-18)11-22(2)3/h7-8,10,12H,4-6,9,11H2,1-3H3,(H,20,21,23). The number of aryl methyl sites for hydroxylation is 1. The molecule has 7 heteroatoms. The van der Waals surface area contributed by atoms with E-state index in [9.17, 15) is 4.79 Å². The summed E-state index contributed by atoms with van der Waals surface area (Å²) in [5.41, 5.74) is 2.23. The molecule has 136 valence electrons. The summed E-state index contributed by atoms with van der Waals surface area (Å²) in [6.07, 6.45) is 2.06. The molecule has 0 aliphatic rings. The number of carbonyl (C=O) groups excluding carboxylic acids is 1. The second kappa shape index (κ2) is 9.89. The number of aromatic nitrogens is 1. The normalized spacial score (nSPS) is 10.9. The van der Waals surface area contributed by atoms with Gasteiger partial charge in [-0.1, -0.05) is 13.0 Å². The number of rotatable bonds is 9. The zero-order valence-corrected chi connectivity index (χ0v) is 17.2. The highest BCUT2D eigenvalue weighted by molar-refractivity contribution is 9.10. The van der Waals surface area contributed by atoms with Crippen molar-refractivity contribution in [1.82, 2.24) is 9.88 Å². The average molecular weight is 426 g/mol. The Morgan fingerprint density at radius 1 is 1.40 bits per heavy atom. The molecule has 5 nitrogen and oxygen atoms in total. The number of amides is 1. The summed E-state index contributed by atoms with van der Waals surface area (Å²) in [5, 5.41) is 5.47. The van der Waals surface area contributed by atoms with Crippen molar-refractivity contribution in [3.63, 3.8) is 0 Å². The molecule has 0 unspecified atom stereocenters. The molecule has 0 aliphatic heterocycles. The Morgan fingerprint density at radius 3 is 2.88 bits per heavy atom. The van der Waals surface area contributed by atoms with Crippen LogP contribution >= 0.6 is 27.3 Å². The Labute approximate surface area is 161 Å². The summed E-state index contributed by atoms with van der Waals surface area (Å²) >= 11 is 4.97. The molecule has 0 aliphatic carbocycles. The van der Waals surface area contributed by atoms with Crippen molar-refractivity contribution in [1.29, 1.82) is 0 Å². The smallest absolute Gasteiger partial charge is 0.226 e. The van der Waals surface area contributed by atoms with E-state index in [0.29, 0.717) is 24.6 Å². The highest BCUT2D eigenvalue weighted by atomic mass is 79.9. The summed E-state index contributed by atoms with van der Waals surface area (Å²) in [5.74, 6) is 0.778. The largest absolute Gasteiger partial charge is 0.492 e. The van der Waals surface area contributed by atoms with E-state index in [1.807, 2.05) is 30.4 Å². The predicted molar refractivity (Wildman–Crippen MR) is 106 cm³/mol. The Morgan fingerprint density at radius 2 is 2.20 bits per heavy atom. The van der Waals surface area contributed by atoms with Crippen molar-refractivity contribution in [2.24, 2.45) is 0 Å². The van der Waals surface area contributed by atoms with Gasteiger partial charge in [0.15, 0.2) is 5.13 Å². The molecule has 1 N–H and O–H groups in total. The number of nitrogens with one attached hydrogen (secondary N) is 1. The van der Waals surface area contributed by atoms with Gasteiger partial charge in [0.25, 0.3) is 0 Å². The molecule has 0 saturated heterocycles. The van der Waals surface area contributed by atoms with Crippen LogP contribution in [0.3, 0.4) is 0 Å². The van der Waals surface area contributed by atoms with Crippen molar-refractivity contribution in [3.05, 3.63) is 39.3 Å². The van der Waals surface area contributed by atoms with Gasteiger partial charge in [0.1, 0.15) is 5.75 Å². The van der Waals surface area contributed by atoms with Gasteiger partial charge in [-0.2, -0.15) is 0 Å². The summed E-state index contributed by atoms with van der Waals surface area (Å²) < 4.78 is 6.69. The fourth-order valence-corrected chi connectivity index (χ4v) is 3.50. The van der Waals surface area contributed by atoms with E-state index >= 15 is 0 Å². The van der Waals surface area contributed by atoms with E-state index in [4.69, 9.17) is 4.74 Å². The third-order valence-electron chi connectivity index (χ3n) is 3.49. The van der Waals surface area contributed by atoms with Crippen LogP contribution in [0.5, 0.6) is 5.75 Å².